The lowest BCUT2D eigenvalue weighted by atomic mass is 9.86. The van der Waals surface area contributed by atoms with Gasteiger partial charge in [0.2, 0.25) is 0 Å². The van der Waals surface area contributed by atoms with Crippen molar-refractivity contribution in [2.75, 3.05) is 19.6 Å². The summed E-state index contributed by atoms with van der Waals surface area (Å²) >= 11 is 0. The minimum Gasteiger partial charge on any atom is -0.311 e. The summed E-state index contributed by atoms with van der Waals surface area (Å²) in [5.41, 5.74) is 22.1. The van der Waals surface area contributed by atoms with E-state index < -0.39 is 0 Å². The average Bonchev–Trinajstić information content (AvgIpc) is 0.770. The zero-order chi connectivity index (χ0) is 62.8. The molecule has 4 nitrogen and oxygen atoms in total. The highest BCUT2D eigenvalue weighted by Crippen LogP contribution is 2.47. The third-order valence-electron chi connectivity index (χ3n) is 17.4. The van der Waals surface area contributed by atoms with Crippen LogP contribution >= 0.6 is 0 Å². The van der Waals surface area contributed by atoms with E-state index in [2.05, 4.69) is 408 Å². The molecule has 0 radical (unpaired) electrons. The molecule has 0 unspecified atom stereocenters. The SMILES string of the molecule is C(=C\c1ccc(N(c2ccccc2)c2ccc(N(c3ccc(-c4c5ccccc5c(-c5ccc(N(c6ccccc6)c6ccccc6)cc5)c5ccccc45)cc3)c3ccc(N(c4ccccc4)c4ccc(/C=C/c5ccccc5)cc4)cc3)cc2)cc1)/c1ccccc1. The molecule has 446 valence electrons. The topological polar surface area (TPSA) is 13.0 Å². The lowest BCUT2D eigenvalue weighted by Gasteiger charge is -2.29. The second-order valence-electron chi connectivity index (χ2n) is 23.3. The fraction of sp³-hybridized carbons (Fsp3) is 0. The van der Waals surface area contributed by atoms with Crippen LogP contribution < -0.4 is 19.6 Å². The molecule has 0 saturated heterocycles. The summed E-state index contributed by atoms with van der Waals surface area (Å²) < 4.78 is 0. The second-order valence-corrected chi connectivity index (χ2v) is 23.3. The molecule has 0 aliphatic carbocycles. The molecule has 94 heavy (non-hydrogen) atoms. The Labute approximate surface area is 551 Å². The summed E-state index contributed by atoms with van der Waals surface area (Å²) in [5.74, 6) is 0. The van der Waals surface area contributed by atoms with Crippen molar-refractivity contribution in [3.05, 3.63) is 398 Å². The maximum atomic E-state index is 2.37. The van der Waals surface area contributed by atoms with Crippen molar-refractivity contribution in [3.63, 3.8) is 0 Å². The number of hydrogen-bond acceptors (Lipinski definition) is 4. The summed E-state index contributed by atoms with van der Waals surface area (Å²) in [6, 6.07) is 135. The third kappa shape index (κ3) is 12.3. The van der Waals surface area contributed by atoms with Gasteiger partial charge in [-0.25, -0.2) is 0 Å². The molecule has 0 atom stereocenters. The molecule has 4 heteroatoms. The van der Waals surface area contributed by atoms with Crippen molar-refractivity contribution in [1.82, 2.24) is 0 Å². The first-order valence-electron chi connectivity index (χ1n) is 32.1. The largest absolute Gasteiger partial charge is 0.311 e. The number of nitrogens with zero attached hydrogens (tertiary/aromatic N) is 4. The zero-order valence-electron chi connectivity index (χ0n) is 51.9. The van der Waals surface area contributed by atoms with Crippen molar-refractivity contribution in [1.29, 1.82) is 0 Å². The van der Waals surface area contributed by atoms with Gasteiger partial charge >= 0.3 is 0 Å². The van der Waals surface area contributed by atoms with Crippen molar-refractivity contribution in [3.8, 4) is 22.3 Å². The normalized spacial score (nSPS) is 11.3. The predicted octanol–water partition coefficient (Wildman–Crippen LogP) is 25.5. The van der Waals surface area contributed by atoms with Crippen LogP contribution in [0.15, 0.2) is 376 Å². The molecular formula is C90H66N4. The molecule has 15 aromatic rings. The Hall–Kier alpha value is -12.5. The van der Waals surface area contributed by atoms with Gasteiger partial charge in [0.25, 0.3) is 0 Å². The molecule has 0 N–H and O–H groups in total. The Bertz CT molecular complexity index is 4770. The number of hydrogen-bond donors (Lipinski definition) is 0. The number of benzene rings is 15. The van der Waals surface area contributed by atoms with Crippen LogP contribution in [0.4, 0.5) is 68.2 Å². The number of fused-ring (bicyclic) bond motifs is 2. The third-order valence-corrected chi connectivity index (χ3v) is 17.4. The highest BCUT2D eigenvalue weighted by molar-refractivity contribution is 6.21. The van der Waals surface area contributed by atoms with Gasteiger partial charge in [0.1, 0.15) is 0 Å². The van der Waals surface area contributed by atoms with Gasteiger partial charge in [0.15, 0.2) is 0 Å². The van der Waals surface area contributed by atoms with E-state index in [1.165, 1.54) is 49.4 Å². The molecule has 0 aliphatic heterocycles. The Kier molecular flexibility index (Phi) is 16.6. The van der Waals surface area contributed by atoms with Gasteiger partial charge in [-0.05, 0) is 212 Å². The van der Waals surface area contributed by atoms with Crippen molar-refractivity contribution in [2.24, 2.45) is 0 Å². The van der Waals surface area contributed by atoms with Gasteiger partial charge in [-0.3, -0.25) is 0 Å². The van der Waals surface area contributed by atoms with Gasteiger partial charge < -0.3 is 19.6 Å². The van der Waals surface area contributed by atoms with Crippen LogP contribution in [-0.2, 0) is 0 Å². The van der Waals surface area contributed by atoms with E-state index in [0.717, 1.165) is 84.9 Å². The Balaban J connectivity index is 0.805. The Morgan fingerprint density at radius 1 is 0.138 bits per heavy atom. The highest BCUT2D eigenvalue weighted by atomic mass is 15.2. The predicted molar refractivity (Wildman–Crippen MR) is 402 cm³/mol. The summed E-state index contributed by atoms with van der Waals surface area (Å²) in [4.78, 5) is 9.34. The summed E-state index contributed by atoms with van der Waals surface area (Å²) in [6.45, 7) is 0. The quantitative estimate of drug-likeness (QED) is 0.0627. The van der Waals surface area contributed by atoms with Crippen LogP contribution in [0, 0.1) is 0 Å². The lowest BCUT2D eigenvalue weighted by molar-refractivity contribution is 1.24. The fourth-order valence-electron chi connectivity index (χ4n) is 12.9. The number of anilines is 12. The Morgan fingerprint density at radius 3 is 0.521 bits per heavy atom. The first kappa shape index (κ1) is 57.9. The van der Waals surface area contributed by atoms with Crippen LogP contribution in [-0.4, -0.2) is 0 Å². The maximum absolute atomic E-state index is 2.37. The molecule has 0 saturated carbocycles. The van der Waals surface area contributed by atoms with Gasteiger partial charge in [-0.1, -0.05) is 255 Å². The summed E-state index contributed by atoms with van der Waals surface area (Å²) in [6.07, 6.45) is 8.66. The first-order valence-corrected chi connectivity index (χ1v) is 32.1. The van der Waals surface area contributed by atoms with Crippen LogP contribution in [0.25, 0.3) is 68.1 Å². The van der Waals surface area contributed by atoms with Crippen molar-refractivity contribution in [2.45, 2.75) is 0 Å². The van der Waals surface area contributed by atoms with E-state index in [0.29, 0.717) is 0 Å². The Morgan fingerprint density at radius 2 is 0.298 bits per heavy atom. The monoisotopic (exact) mass is 1200 g/mol. The van der Waals surface area contributed by atoms with Crippen LogP contribution in [0.2, 0.25) is 0 Å². The molecule has 0 bridgehead atoms. The van der Waals surface area contributed by atoms with Gasteiger partial charge in [0.05, 0.1) is 0 Å². The van der Waals surface area contributed by atoms with Gasteiger partial charge in [-0.2, -0.15) is 0 Å². The minimum absolute atomic E-state index is 1.03. The lowest BCUT2D eigenvalue weighted by Crippen LogP contribution is -2.13. The first-order chi connectivity index (χ1) is 46.6. The van der Waals surface area contributed by atoms with E-state index in [1.54, 1.807) is 0 Å². The van der Waals surface area contributed by atoms with Crippen molar-refractivity contribution >= 4 is 114 Å². The van der Waals surface area contributed by atoms with E-state index in [1.807, 2.05) is 12.1 Å². The van der Waals surface area contributed by atoms with Crippen LogP contribution in [0.1, 0.15) is 22.3 Å². The van der Waals surface area contributed by atoms with Crippen LogP contribution in [0.3, 0.4) is 0 Å². The average molecular weight is 1200 g/mol. The smallest absolute Gasteiger partial charge is 0.0463 e. The van der Waals surface area contributed by atoms with E-state index in [-0.39, 0.29) is 0 Å². The number of rotatable bonds is 18. The van der Waals surface area contributed by atoms with Crippen LogP contribution in [0.5, 0.6) is 0 Å². The standard InChI is InChI=1S/C90H66N4/c1-7-23-67(24-8-1)39-41-69-43-51-77(52-44-69)92(75-31-15-5-16-32-75)81-59-63-83(64-60-81)94(84-65-61-82(62-66-84)93(76-33-17-6-18-34-76)78-53-45-70(46-54-78)42-40-68-25-9-2-10-26-68)80-57-49-72(50-58-80)90-87-37-21-19-35-85(87)89(86-36-20-22-38-88(86)90)71-47-55-79(56-48-71)91(73-27-11-3-12-28-73)74-29-13-4-14-30-74/h1-66H/b41-39+,42-40+. The van der Waals surface area contributed by atoms with E-state index in [9.17, 15) is 0 Å². The molecule has 15 rings (SSSR count). The molecule has 0 fully saturated rings. The summed E-state index contributed by atoms with van der Waals surface area (Å²) in [5, 5.41) is 4.82. The zero-order valence-corrected chi connectivity index (χ0v) is 51.9. The molecule has 15 aromatic carbocycles. The fourth-order valence-corrected chi connectivity index (χ4v) is 12.9. The van der Waals surface area contributed by atoms with Crippen molar-refractivity contribution < 1.29 is 0 Å². The molecule has 0 spiro atoms. The molecule has 0 aromatic heterocycles. The molecule has 0 heterocycles. The van der Waals surface area contributed by atoms with E-state index in [4.69, 9.17) is 0 Å². The van der Waals surface area contributed by atoms with Gasteiger partial charge in [-0.15, -0.1) is 0 Å². The number of para-hydroxylation sites is 4. The van der Waals surface area contributed by atoms with E-state index >= 15 is 0 Å². The molecule has 0 amide bonds. The minimum atomic E-state index is 1.03. The second kappa shape index (κ2) is 26.9. The molecule has 0 aliphatic rings. The van der Waals surface area contributed by atoms with Gasteiger partial charge in [0, 0.05) is 68.2 Å². The molecular weight excluding hydrogens is 1140 g/mol. The summed E-state index contributed by atoms with van der Waals surface area (Å²) in [7, 11) is 0. The highest BCUT2D eigenvalue weighted by Gasteiger charge is 2.22. The maximum Gasteiger partial charge on any atom is 0.0463 e.